The smallest absolute Gasteiger partial charge is 0.256 e. The van der Waals surface area contributed by atoms with Crippen LogP contribution in [-0.2, 0) is 5.41 Å². The maximum absolute atomic E-state index is 13.5. The highest BCUT2D eigenvalue weighted by Gasteiger charge is 2.29. The van der Waals surface area contributed by atoms with Gasteiger partial charge in [0.15, 0.2) is 11.5 Å². The minimum atomic E-state index is -0.297. The Labute approximate surface area is 192 Å². The molecular formula is C26H27N5O2. The molecule has 0 saturated heterocycles. The van der Waals surface area contributed by atoms with Crippen LogP contribution in [0.2, 0.25) is 0 Å². The summed E-state index contributed by atoms with van der Waals surface area (Å²) in [5, 5.41) is 18.7. The molecule has 7 heteroatoms. The fraction of sp³-hybridized carbons (Fsp3) is 0.308. The Morgan fingerprint density at radius 2 is 1.94 bits per heavy atom. The summed E-state index contributed by atoms with van der Waals surface area (Å²) in [5.41, 5.74) is 4.00. The summed E-state index contributed by atoms with van der Waals surface area (Å²) in [6.07, 6.45) is 3.83. The Kier molecular flexibility index (Phi) is 4.92. The number of aromatic nitrogens is 4. The molecule has 0 radical (unpaired) electrons. The van der Waals surface area contributed by atoms with E-state index in [1.165, 1.54) is 0 Å². The van der Waals surface area contributed by atoms with Crippen molar-refractivity contribution in [1.29, 1.82) is 0 Å². The molecule has 2 N–H and O–H groups in total. The third-order valence-electron chi connectivity index (χ3n) is 6.05. The van der Waals surface area contributed by atoms with Gasteiger partial charge in [-0.05, 0) is 61.1 Å². The molecule has 33 heavy (non-hydrogen) atoms. The van der Waals surface area contributed by atoms with Crippen molar-refractivity contribution in [3.05, 3.63) is 71.2 Å². The Bertz CT molecular complexity index is 1370. The maximum atomic E-state index is 13.5. The number of nitrogens with one attached hydrogen (secondary N) is 1. The van der Waals surface area contributed by atoms with Crippen LogP contribution in [0, 0.1) is 6.92 Å². The van der Waals surface area contributed by atoms with Crippen LogP contribution in [0.25, 0.3) is 16.9 Å². The second-order valence-electron chi connectivity index (χ2n) is 9.69. The second-order valence-corrected chi connectivity index (χ2v) is 9.69. The third-order valence-corrected chi connectivity index (χ3v) is 6.05. The lowest BCUT2D eigenvalue weighted by atomic mass is 9.87. The average molecular weight is 442 g/mol. The van der Waals surface area contributed by atoms with E-state index in [1.54, 1.807) is 16.9 Å². The summed E-state index contributed by atoms with van der Waals surface area (Å²) in [6, 6.07) is 12.8. The first-order valence-corrected chi connectivity index (χ1v) is 11.2. The fourth-order valence-electron chi connectivity index (χ4n) is 4.01. The van der Waals surface area contributed by atoms with Crippen LogP contribution in [0.1, 0.15) is 66.8 Å². The zero-order chi connectivity index (χ0) is 23.3. The molecule has 1 fully saturated rings. The van der Waals surface area contributed by atoms with Crippen molar-refractivity contribution in [2.75, 3.05) is 5.32 Å². The molecule has 0 atom stereocenters. The number of carbonyl (C=O) groups excluding carboxylic acids is 1. The van der Waals surface area contributed by atoms with Crippen molar-refractivity contribution in [3.8, 4) is 11.6 Å². The topological polar surface area (TPSA) is 92.9 Å². The molecule has 0 spiro atoms. The number of anilines is 1. The highest BCUT2D eigenvalue weighted by molar-refractivity contribution is 6.13. The largest absolute Gasteiger partial charge is 0.506 e. The van der Waals surface area contributed by atoms with Crippen LogP contribution in [0.3, 0.4) is 0 Å². The molecule has 168 valence electrons. The summed E-state index contributed by atoms with van der Waals surface area (Å²) in [5.74, 6) is 0.739. The van der Waals surface area contributed by atoms with Gasteiger partial charge in [-0.3, -0.25) is 4.79 Å². The van der Waals surface area contributed by atoms with Gasteiger partial charge in [0.1, 0.15) is 5.75 Å². The van der Waals surface area contributed by atoms with Crippen molar-refractivity contribution in [2.24, 2.45) is 0 Å². The molecule has 0 aliphatic heterocycles. The van der Waals surface area contributed by atoms with E-state index in [1.807, 2.05) is 43.3 Å². The second kappa shape index (κ2) is 7.69. The molecule has 1 aromatic carbocycles. The highest BCUT2D eigenvalue weighted by atomic mass is 16.3. The molecule has 5 rings (SSSR count). The lowest BCUT2D eigenvalue weighted by Crippen LogP contribution is -2.16. The lowest BCUT2D eigenvalue weighted by molar-refractivity contribution is 0.102. The van der Waals surface area contributed by atoms with E-state index in [-0.39, 0.29) is 17.1 Å². The van der Waals surface area contributed by atoms with Crippen molar-refractivity contribution in [3.63, 3.8) is 0 Å². The number of nitrogens with zero attached hydrogens (tertiary/aromatic N) is 4. The number of benzene rings is 1. The Morgan fingerprint density at radius 1 is 1.15 bits per heavy atom. The minimum absolute atomic E-state index is 0.0324. The van der Waals surface area contributed by atoms with Crippen LogP contribution < -0.4 is 5.32 Å². The van der Waals surface area contributed by atoms with Gasteiger partial charge >= 0.3 is 0 Å². The van der Waals surface area contributed by atoms with Gasteiger partial charge in [-0.15, -0.1) is 0 Å². The molecule has 0 unspecified atom stereocenters. The highest BCUT2D eigenvalue weighted by Crippen LogP contribution is 2.41. The number of amides is 1. The predicted octanol–water partition coefficient (Wildman–Crippen LogP) is 5.26. The van der Waals surface area contributed by atoms with Crippen molar-refractivity contribution < 1.29 is 9.90 Å². The first-order valence-electron chi connectivity index (χ1n) is 11.2. The number of hydrogen-bond acceptors (Lipinski definition) is 5. The predicted molar refractivity (Wildman–Crippen MR) is 128 cm³/mol. The Morgan fingerprint density at radius 3 is 2.61 bits per heavy atom. The molecule has 1 aliphatic carbocycles. The van der Waals surface area contributed by atoms with Crippen LogP contribution in [0.4, 0.5) is 5.69 Å². The summed E-state index contributed by atoms with van der Waals surface area (Å²) < 4.78 is 1.70. The molecule has 1 aliphatic rings. The quantitative estimate of drug-likeness (QED) is 0.422. The monoisotopic (exact) mass is 441 g/mol. The first-order chi connectivity index (χ1) is 15.7. The van der Waals surface area contributed by atoms with E-state index in [0.717, 1.165) is 24.1 Å². The molecule has 4 aromatic rings. The lowest BCUT2D eigenvalue weighted by Gasteiger charge is -2.20. The van der Waals surface area contributed by atoms with Gasteiger partial charge in [0, 0.05) is 17.8 Å². The molecule has 1 amide bonds. The Balaban J connectivity index is 1.62. The number of hydrogen-bond donors (Lipinski definition) is 2. The summed E-state index contributed by atoms with van der Waals surface area (Å²) in [6.45, 7) is 8.15. The van der Waals surface area contributed by atoms with Crippen molar-refractivity contribution in [2.45, 2.75) is 51.9 Å². The number of aryl methyl sites for hydroxylation is 1. The van der Waals surface area contributed by atoms with Gasteiger partial charge in [0.05, 0.1) is 22.3 Å². The summed E-state index contributed by atoms with van der Waals surface area (Å²) in [4.78, 5) is 22.8. The standard InChI is InChI=1S/C26H27N5O2/c1-15-23-18(25(33)29-20-13-17(26(2,3)4)10-11-21(20)32)14-19(16-8-9-16)28-24(23)31(30-15)22-7-5-6-12-27-22/h5-7,10-14,16,32H,8-9H2,1-4H3,(H,29,33). The zero-order valence-electron chi connectivity index (χ0n) is 19.3. The summed E-state index contributed by atoms with van der Waals surface area (Å²) in [7, 11) is 0. The number of pyridine rings is 2. The van der Waals surface area contributed by atoms with E-state index >= 15 is 0 Å². The molecule has 3 heterocycles. The molecule has 7 nitrogen and oxygen atoms in total. The molecule has 3 aromatic heterocycles. The van der Waals surface area contributed by atoms with Crippen molar-refractivity contribution >= 4 is 22.6 Å². The van der Waals surface area contributed by atoms with Crippen LogP contribution in [0.15, 0.2) is 48.7 Å². The average Bonchev–Trinajstić information content (AvgIpc) is 3.58. The number of carbonyl (C=O) groups is 1. The van der Waals surface area contributed by atoms with Gasteiger partial charge in [0.25, 0.3) is 5.91 Å². The maximum Gasteiger partial charge on any atom is 0.256 e. The fourth-order valence-corrected chi connectivity index (χ4v) is 4.01. The molecule has 0 bridgehead atoms. The minimum Gasteiger partial charge on any atom is -0.506 e. The van der Waals surface area contributed by atoms with E-state index in [2.05, 4.69) is 36.2 Å². The van der Waals surface area contributed by atoms with Gasteiger partial charge < -0.3 is 10.4 Å². The van der Waals surface area contributed by atoms with Gasteiger partial charge in [-0.2, -0.15) is 9.78 Å². The number of rotatable bonds is 4. The van der Waals surface area contributed by atoms with E-state index in [4.69, 9.17) is 4.98 Å². The van der Waals surface area contributed by atoms with Crippen LogP contribution in [0.5, 0.6) is 5.75 Å². The van der Waals surface area contributed by atoms with Gasteiger partial charge in [-0.1, -0.05) is 32.9 Å². The SMILES string of the molecule is Cc1nn(-c2ccccn2)c2nc(C3CC3)cc(C(=O)Nc3cc(C(C)(C)C)ccc3O)c12. The van der Waals surface area contributed by atoms with E-state index in [0.29, 0.717) is 39.7 Å². The number of fused-ring (bicyclic) bond motifs is 1. The van der Waals surface area contributed by atoms with Crippen LogP contribution in [-0.4, -0.2) is 30.8 Å². The molecular weight excluding hydrogens is 414 g/mol. The normalized spacial score (nSPS) is 13.9. The van der Waals surface area contributed by atoms with Gasteiger partial charge in [0.2, 0.25) is 0 Å². The van der Waals surface area contributed by atoms with Crippen LogP contribution >= 0.6 is 0 Å². The van der Waals surface area contributed by atoms with E-state index in [9.17, 15) is 9.90 Å². The first kappa shape index (κ1) is 21.1. The zero-order valence-corrected chi connectivity index (χ0v) is 19.3. The van der Waals surface area contributed by atoms with Crippen molar-refractivity contribution in [1.82, 2.24) is 19.7 Å². The number of aromatic hydroxyl groups is 1. The number of phenolic OH excluding ortho intramolecular Hbond substituents is 1. The third kappa shape index (κ3) is 3.95. The molecule has 1 saturated carbocycles. The van der Waals surface area contributed by atoms with Gasteiger partial charge in [-0.25, -0.2) is 9.97 Å². The summed E-state index contributed by atoms with van der Waals surface area (Å²) >= 11 is 0. The van der Waals surface area contributed by atoms with E-state index < -0.39 is 0 Å². The Hall–Kier alpha value is -3.74. The number of phenols is 1.